The van der Waals surface area contributed by atoms with Gasteiger partial charge in [0.2, 0.25) is 5.91 Å². The maximum absolute atomic E-state index is 11.7. The molecule has 96 valence electrons. The molecule has 2 amide bonds. The van der Waals surface area contributed by atoms with Crippen molar-refractivity contribution in [2.24, 2.45) is 0 Å². The molecule has 0 aromatic carbocycles. The molecular formula is C12H14N2O3S. The molecule has 0 saturated heterocycles. The van der Waals surface area contributed by atoms with Gasteiger partial charge in [0.1, 0.15) is 6.61 Å². The summed E-state index contributed by atoms with van der Waals surface area (Å²) in [4.78, 5) is 23.9. The Morgan fingerprint density at radius 3 is 2.89 bits per heavy atom. The van der Waals surface area contributed by atoms with Gasteiger partial charge in [-0.3, -0.25) is 9.59 Å². The highest BCUT2D eigenvalue weighted by atomic mass is 32.1. The fraction of sp³-hybridized carbons (Fsp3) is 0.333. The van der Waals surface area contributed by atoms with Crippen LogP contribution in [0.25, 0.3) is 0 Å². The molecule has 0 radical (unpaired) electrons. The number of hydrogen-bond acceptors (Lipinski definition) is 4. The molecule has 5 nitrogen and oxygen atoms in total. The maximum atomic E-state index is 11.7. The Labute approximate surface area is 109 Å². The summed E-state index contributed by atoms with van der Waals surface area (Å²) in [5.41, 5.74) is 0. The molecule has 1 rings (SSSR count). The highest BCUT2D eigenvalue weighted by Gasteiger charge is 2.08. The van der Waals surface area contributed by atoms with E-state index < -0.39 is 0 Å². The predicted octanol–water partition coefficient (Wildman–Crippen LogP) is -0.0422. The van der Waals surface area contributed by atoms with E-state index >= 15 is 0 Å². The SMILES string of the molecule is CNC(=O)CCNC(=O)c1ccc(C#CCO)s1. The standard InChI is InChI=1S/C12H14N2O3S/c1-13-11(16)6-7-14-12(17)10-5-4-9(18-10)3-2-8-15/h4-5,15H,6-8H2,1H3,(H,13,16)(H,14,17). The molecule has 0 atom stereocenters. The molecular weight excluding hydrogens is 252 g/mol. The molecule has 18 heavy (non-hydrogen) atoms. The van der Waals surface area contributed by atoms with Crippen LogP contribution in [0.5, 0.6) is 0 Å². The van der Waals surface area contributed by atoms with Crippen LogP contribution < -0.4 is 10.6 Å². The zero-order valence-corrected chi connectivity index (χ0v) is 10.8. The topological polar surface area (TPSA) is 78.4 Å². The molecule has 0 aliphatic rings. The van der Waals surface area contributed by atoms with Crippen molar-refractivity contribution < 1.29 is 14.7 Å². The fourth-order valence-electron chi connectivity index (χ4n) is 1.16. The Kier molecular flexibility index (Phi) is 5.91. The Balaban J connectivity index is 2.47. The third-order valence-corrected chi connectivity index (χ3v) is 3.04. The lowest BCUT2D eigenvalue weighted by Crippen LogP contribution is -2.28. The highest BCUT2D eigenvalue weighted by molar-refractivity contribution is 7.14. The van der Waals surface area contributed by atoms with E-state index in [1.54, 1.807) is 19.2 Å². The Hall–Kier alpha value is -1.84. The van der Waals surface area contributed by atoms with Crippen LogP contribution >= 0.6 is 11.3 Å². The lowest BCUT2D eigenvalue weighted by molar-refractivity contribution is -0.120. The second-order valence-electron chi connectivity index (χ2n) is 3.30. The van der Waals surface area contributed by atoms with Gasteiger partial charge in [0.25, 0.3) is 5.91 Å². The number of aliphatic hydroxyl groups is 1. The molecule has 3 N–H and O–H groups in total. The van der Waals surface area contributed by atoms with Crippen LogP contribution in [0.3, 0.4) is 0 Å². The number of amides is 2. The normalized spacial score (nSPS) is 9.22. The molecule has 0 fully saturated rings. The van der Waals surface area contributed by atoms with Gasteiger partial charge in [0.15, 0.2) is 0 Å². The molecule has 0 spiro atoms. The molecule has 0 bridgehead atoms. The number of nitrogens with one attached hydrogen (secondary N) is 2. The van der Waals surface area contributed by atoms with Crippen LogP contribution in [0.1, 0.15) is 21.0 Å². The van der Waals surface area contributed by atoms with Crippen LogP contribution in [0.15, 0.2) is 12.1 Å². The van der Waals surface area contributed by atoms with Crippen molar-refractivity contribution in [2.75, 3.05) is 20.2 Å². The van der Waals surface area contributed by atoms with Crippen molar-refractivity contribution in [3.63, 3.8) is 0 Å². The molecule has 6 heteroatoms. The lowest BCUT2D eigenvalue weighted by atomic mass is 10.3. The van der Waals surface area contributed by atoms with E-state index in [2.05, 4.69) is 22.5 Å². The van der Waals surface area contributed by atoms with Gasteiger partial charge in [0.05, 0.1) is 9.75 Å². The third kappa shape index (κ3) is 4.57. The van der Waals surface area contributed by atoms with Crippen LogP contribution in [0, 0.1) is 11.8 Å². The van der Waals surface area contributed by atoms with Crippen LogP contribution in [0.4, 0.5) is 0 Å². The van der Waals surface area contributed by atoms with Gasteiger partial charge < -0.3 is 15.7 Å². The third-order valence-electron chi connectivity index (χ3n) is 2.04. The van der Waals surface area contributed by atoms with Gasteiger partial charge >= 0.3 is 0 Å². The minimum Gasteiger partial charge on any atom is -0.384 e. The van der Waals surface area contributed by atoms with E-state index in [0.717, 1.165) is 4.88 Å². The van der Waals surface area contributed by atoms with Gasteiger partial charge in [-0.1, -0.05) is 11.8 Å². The first-order valence-electron chi connectivity index (χ1n) is 5.35. The number of thiophene rings is 1. The fourth-order valence-corrected chi connectivity index (χ4v) is 1.95. The van der Waals surface area contributed by atoms with E-state index in [4.69, 9.17) is 5.11 Å². The summed E-state index contributed by atoms with van der Waals surface area (Å²) in [7, 11) is 1.55. The van der Waals surface area contributed by atoms with Crippen LogP contribution in [-0.2, 0) is 4.79 Å². The summed E-state index contributed by atoms with van der Waals surface area (Å²) in [6.45, 7) is 0.0968. The number of aliphatic hydroxyl groups excluding tert-OH is 1. The first-order chi connectivity index (χ1) is 8.67. The molecule has 1 aromatic heterocycles. The maximum Gasteiger partial charge on any atom is 0.261 e. The van der Waals surface area contributed by atoms with Crippen molar-refractivity contribution in [1.29, 1.82) is 0 Å². The molecule has 0 unspecified atom stereocenters. The molecule has 1 heterocycles. The van der Waals surface area contributed by atoms with Crippen molar-refractivity contribution in [3.8, 4) is 11.8 Å². The smallest absolute Gasteiger partial charge is 0.261 e. The van der Waals surface area contributed by atoms with Crippen molar-refractivity contribution in [3.05, 3.63) is 21.9 Å². The number of carbonyl (C=O) groups is 2. The molecule has 0 saturated carbocycles. The second-order valence-corrected chi connectivity index (χ2v) is 4.39. The van der Waals surface area contributed by atoms with E-state index in [0.29, 0.717) is 11.4 Å². The van der Waals surface area contributed by atoms with Gasteiger partial charge in [-0.05, 0) is 12.1 Å². The van der Waals surface area contributed by atoms with Gasteiger partial charge in [-0.2, -0.15) is 0 Å². The monoisotopic (exact) mass is 266 g/mol. The summed E-state index contributed by atoms with van der Waals surface area (Å²) < 4.78 is 0. The summed E-state index contributed by atoms with van der Waals surface area (Å²) in [6, 6.07) is 3.39. The largest absolute Gasteiger partial charge is 0.384 e. The first-order valence-corrected chi connectivity index (χ1v) is 6.17. The predicted molar refractivity (Wildman–Crippen MR) is 69.3 cm³/mol. The Bertz CT molecular complexity index is 485. The quantitative estimate of drug-likeness (QED) is 0.669. The van der Waals surface area contributed by atoms with E-state index in [1.807, 2.05) is 0 Å². The Morgan fingerprint density at radius 1 is 1.44 bits per heavy atom. The number of hydrogen-bond donors (Lipinski definition) is 3. The van der Waals surface area contributed by atoms with Gasteiger partial charge in [-0.15, -0.1) is 11.3 Å². The average molecular weight is 266 g/mol. The number of rotatable bonds is 4. The van der Waals surface area contributed by atoms with Crippen molar-refractivity contribution in [1.82, 2.24) is 10.6 Å². The summed E-state index contributed by atoms with van der Waals surface area (Å²) in [5.74, 6) is 4.91. The Morgan fingerprint density at radius 2 is 2.22 bits per heavy atom. The summed E-state index contributed by atoms with van der Waals surface area (Å²) in [5, 5.41) is 13.7. The van der Waals surface area contributed by atoms with Crippen LogP contribution in [-0.4, -0.2) is 37.1 Å². The van der Waals surface area contributed by atoms with Crippen molar-refractivity contribution in [2.45, 2.75) is 6.42 Å². The van der Waals surface area contributed by atoms with Gasteiger partial charge in [0, 0.05) is 20.0 Å². The van der Waals surface area contributed by atoms with E-state index in [-0.39, 0.29) is 24.8 Å². The van der Waals surface area contributed by atoms with Crippen LogP contribution in [0.2, 0.25) is 0 Å². The minimum atomic E-state index is -0.221. The molecule has 1 aromatic rings. The average Bonchev–Trinajstić information content (AvgIpc) is 2.84. The molecule has 0 aliphatic carbocycles. The van der Waals surface area contributed by atoms with Gasteiger partial charge in [-0.25, -0.2) is 0 Å². The van der Waals surface area contributed by atoms with E-state index in [9.17, 15) is 9.59 Å². The summed E-state index contributed by atoms with van der Waals surface area (Å²) in [6.07, 6.45) is 0.255. The highest BCUT2D eigenvalue weighted by Crippen LogP contribution is 2.14. The second kappa shape index (κ2) is 7.48. The van der Waals surface area contributed by atoms with E-state index in [1.165, 1.54) is 11.3 Å². The minimum absolute atomic E-state index is 0.115. The summed E-state index contributed by atoms with van der Waals surface area (Å²) >= 11 is 1.25. The molecule has 0 aliphatic heterocycles. The van der Waals surface area contributed by atoms with Crippen molar-refractivity contribution >= 4 is 23.2 Å². The zero-order chi connectivity index (χ0) is 13.4. The first kappa shape index (κ1) is 14.2. The number of carbonyl (C=O) groups excluding carboxylic acids is 2. The zero-order valence-electron chi connectivity index (χ0n) is 9.95. The lowest BCUT2D eigenvalue weighted by Gasteiger charge is -2.02.